The van der Waals surface area contributed by atoms with Gasteiger partial charge in [0.25, 0.3) is 0 Å². The Balaban J connectivity index is 2.43. The van der Waals surface area contributed by atoms with Crippen LogP contribution in [0.4, 0.5) is 0 Å². The zero-order chi connectivity index (χ0) is 7.40. The molecule has 1 rings (SSSR count). The second-order valence-corrected chi connectivity index (χ2v) is 2.77. The molecular formula is C8H14O2. The quantitative estimate of drug-likeness (QED) is 0.553. The first-order valence-electron chi connectivity index (χ1n) is 3.95. The molecule has 0 amide bonds. The third kappa shape index (κ3) is 1.81. The summed E-state index contributed by atoms with van der Waals surface area (Å²) in [5.74, 6) is 0.572. The molecule has 0 spiro atoms. The summed E-state index contributed by atoms with van der Waals surface area (Å²) >= 11 is 0. The molecule has 2 nitrogen and oxygen atoms in total. The van der Waals surface area contributed by atoms with Crippen LogP contribution in [0.5, 0.6) is 0 Å². The van der Waals surface area contributed by atoms with E-state index in [9.17, 15) is 4.79 Å². The molecule has 0 N–H and O–H groups in total. The first-order valence-corrected chi connectivity index (χ1v) is 3.95. The van der Waals surface area contributed by atoms with Crippen LogP contribution in [-0.4, -0.2) is 19.0 Å². The summed E-state index contributed by atoms with van der Waals surface area (Å²) in [5, 5.41) is 0. The first kappa shape index (κ1) is 7.73. The lowest BCUT2D eigenvalue weighted by Gasteiger charge is -2.06. The topological polar surface area (TPSA) is 26.3 Å². The smallest absolute Gasteiger partial charge is 0.161 e. The molecule has 0 aromatic carbocycles. The van der Waals surface area contributed by atoms with Gasteiger partial charge in [-0.05, 0) is 19.3 Å². The van der Waals surface area contributed by atoms with E-state index in [4.69, 9.17) is 4.74 Å². The average molecular weight is 142 g/mol. The van der Waals surface area contributed by atoms with Gasteiger partial charge in [0.2, 0.25) is 0 Å². The third-order valence-corrected chi connectivity index (χ3v) is 2.03. The second kappa shape index (κ2) is 3.71. The molecule has 1 saturated heterocycles. The minimum Gasteiger partial charge on any atom is -0.374 e. The number of rotatable bonds is 1. The highest BCUT2D eigenvalue weighted by Gasteiger charge is 2.18. The zero-order valence-electron chi connectivity index (χ0n) is 6.43. The van der Waals surface area contributed by atoms with Crippen molar-refractivity contribution in [1.29, 1.82) is 0 Å². The Morgan fingerprint density at radius 2 is 2.50 bits per heavy atom. The number of carbonyl (C=O) groups excluding carboxylic acids is 1. The molecule has 1 aliphatic heterocycles. The zero-order valence-corrected chi connectivity index (χ0v) is 6.43. The minimum absolute atomic E-state index is 0.280. The maximum absolute atomic E-state index is 11.1. The summed E-state index contributed by atoms with van der Waals surface area (Å²) in [6, 6.07) is 0. The molecule has 1 heterocycles. The predicted octanol–water partition coefficient (Wildman–Crippen LogP) is 1.39. The molecule has 0 saturated carbocycles. The summed E-state index contributed by atoms with van der Waals surface area (Å²) in [4.78, 5) is 11.1. The Kier molecular flexibility index (Phi) is 2.87. The van der Waals surface area contributed by atoms with Crippen molar-refractivity contribution >= 4 is 5.78 Å². The lowest BCUT2D eigenvalue weighted by molar-refractivity contribution is -0.126. The van der Waals surface area contributed by atoms with E-state index in [-0.39, 0.29) is 5.92 Å². The first-order chi connectivity index (χ1) is 4.84. The molecule has 1 atom stereocenters. The van der Waals surface area contributed by atoms with Gasteiger partial charge in [-0.15, -0.1) is 0 Å². The summed E-state index contributed by atoms with van der Waals surface area (Å²) in [6.45, 7) is 3.18. The Morgan fingerprint density at radius 3 is 3.20 bits per heavy atom. The van der Waals surface area contributed by atoms with E-state index in [2.05, 4.69) is 6.92 Å². The lowest BCUT2D eigenvalue weighted by atomic mass is 9.97. The molecule has 1 fully saturated rings. The number of Topliss-reactive ketones (excluding diaryl/α,β-unsaturated/α-hetero) is 1. The van der Waals surface area contributed by atoms with Gasteiger partial charge in [-0.25, -0.2) is 0 Å². The van der Waals surface area contributed by atoms with Crippen molar-refractivity contribution in [2.75, 3.05) is 13.2 Å². The van der Waals surface area contributed by atoms with Gasteiger partial charge < -0.3 is 4.74 Å². The average Bonchev–Trinajstić information content (AvgIpc) is 2.13. The third-order valence-electron chi connectivity index (χ3n) is 2.03. The van der Waals surface area contributed by atoms with Crippen LogP contribution >= 0.6 is 0 Å². The van der Waals surface area contributed by atoms with Gasteiger partial charge in [0.05, 0.1) is 0 Å². The summed E-state index contributed by atoms with van der Waals surface area (Å²) < 4.78 is 5.09. The highest BCUT2D eigenvalue weighted by Crippen LogP contribution is 2.15. The summed E-state index contributed by atoms with van der Waals surface area (Å²) in [5.41, 5.74) is 0. The van der Waals surface area contributed by atoms with Crippen LogP contribution in [0.1, 0.15) is 26.2 Å². The summed E-state index contributed by atoms with van der Waals surface area (Å²) in [7, 11) is 0. The monoisotopic (exact) mass is 142 g/mol. The van der Waals surface area contributed by atoms with Crippen LogP contribution in [-0.2, 0) is 9.53 Å². The van der Waals surface area contributed by atoms with E-state index in [0.717, 1.165) is 25.9 Å². The van der Waals surface area contributed by atoms with Gasteiger partial charge >= 0.3 is 0 Å². The van der Waals surface area contributed by atoms with Gasteiger partial charge in [0.15, 0.2) is 5.78 Å². The van der Waals surface area contributed by atoms with Gasteiger partial charge in [-0.1, -0.05) is 6.92 Å². The van der Waals surface area contributed by atoms with E-state index in [1.165, 1.54) is 0 Å². The Morgan fingerprint density at radius 1 is 1.70 bits per heavy atom. The molecule has 0 aliphatic carbocycles. The van der Waals surface area contributed by atoms with E-state index in [1.54, 1.807) is 0 Å². The molecule has 1 unspecified atom stereocenters. The number of hydrogen-bond acceptors (Lipinski definition) is 2. The summed E-state index contributed by atoms with van der Waals surface area (Å²) in [6.07, 6.45) is 3.04. The van der Waals surface area contributed by atoms with Crippen LogP contribution in [0.2, 0.25) is 0 Å². The van der Waals surface area contributed by atoms with Crippen LogP contribution in [0.3, 0.4) is 0 Å². The number of ketones is 1. The van der Waals surface area contributed by atoms with E-state index in [0.29, 0.717) is 12.4 Å². The van der Waals surface area contributed by atoms with Gasteiger partial charge in [-0.2, -0.15) is 0 Å². The number of ether oxygens (including phenoxy) is 1. The Hall–Kier alpha value is -0.370. The predicted molar refractivity (Wildman–Crippen MR) is 38.8 cm³/mol. The molecule has 58 valence electrons. The van der Waals surface area contributed by atoms with Crippen LogP contribution in [0, 0.1) is 5.92 Å². The van der Waals surface area contributed by atoms with E-state index < -0.39 is 0 Å². The SMILES string of the molecule is CCC1CCCOCC1=O. The fourth-order valence-corrected chi connectivity index (χ4v) is 1.32. The van der Waals surface area contributed by atoms with Crippen molar-refractivity contribution in [2.45, 2.75) is 26.2 Å². The molecule has 0 radical (unpaired) electrons. The Bertz CT molecular complexity index is 120. The standard InChI is InChI=1S/C8H14O2/c1-2-7-4-3-5-10-6-8(7)9/h7H,2-6H2,1H3. The molecule has 10 heavy (non-hydrogen) atoms. The molecule has 2 heteroatoms. The highest BCUT2D eigenvalue weighted by molar-refractivity contribution is 5.82. The van der Waals surface area contributed by atoms with Crippen molar-refractivity contribution in [3.63, 3.8) is 0 Å². The van der Waals surface area contributed by atoms with Gasteiger partial charge in [0, 0.05) is 12.5 Å². The number of hydrogen-bond donors (Lipinski definition) is 0. The van der Waals surface area contributed by atoms with Crippen LogP contribution in [0.15, 0.2) is 0 Å². The molecule has 0 bridgehead atoms. The molecule has 1 aliphatic rings. The Labute approximate surface area is 61.6 Å². The van der Waals surface area contributed by atoms with Gasteiger partial charge in [-0.3, -0.25) is 4.79 Å². The maximum Gasteiger partial charge on any atom is 0.161 e. The molecular weight excluding hydrogens is 128 g/mol. The molecule has 0 aromatic heterocycles. The largest absolute Gasteiger partial charge is 0.374 e. The van der Waals surface area contributed by atoms with Crippen molar-refractivity contribution < 1.29 is 9.53 Å². The van der Waals surface area contributed by atoms with Crippen molar-refractivity contribution in [2.24, 2.45) is 5.92 Å². The van der Waals surface area contributed by atoms with E-state index in [1.807, 2.05) is 0 Å². The normalized spacial score (nSPS) is 28.1. The van der Waals surface area contributed by atoms with Crippen molar-refractivity contribution in [1.82, 2.24) is 0 Å². The lowest BCUT2D eigenvalue weighted by Crippen LogP contribution is -2.15. The van der Waals surface area contributed by atoms with Crippen molar-refractivity contribution in [3.8, 4) is 0 Å². The number of carbonyl (C=O) groups is 1. The second-order valence-electron chi connectivity index (χ2n) is 2.77. The van der Waals surface area contributed by atoms with Crippen molar-refractivity contribution in [3.05, 3.63) is 0 Å². The minimum atomic E-state index is 0.280. The van der Waals surface area contributed by atoms with Crippen LogP contribution < -0.4 is 0 Å². The van der Waals surface area contributed by atoms with E-state index >= 15 is 0 Å². The highest BCUT2D eigenvalue weighted by atomic mass is 16.5. The van der Waals surface area contributed by atoms with Gasteiger partial charge in [0.1, 0.15) is 6.61 Å². The van der Waals surface area contributed by atoms with Crippen LogP contribution in [0.25, 0.3) is 0 Å². The fraction of sp³-hybridized carbons (Fsp3) is 0.875. The maximum atomic E-state index is 11.1. The molecule has 0 aromatic rings. The fourth-order valence-electron chi connectivity index (χ4n) is 1.32.